The van der Waals surface area contributed by atoms with Crippen LogP contribution in [-0.4, -0.2) is 32.7 Å². The van der Waals surface area contributed by atoms with Crippen molar-refractivity contribution in [3.8, 4) is 0 Å². The van der Waals surface area contributed by atoms with Gasteiger partial charge in [0.05, 0.1) is 19.3 Å². The van der Waals surface area contributed by atoms with E-state index in [9.17, 15) is 5.11 Å². The molecule has 0 bridgehead atoms. The van der Waals surface area contributed by atoms with Crippen molar-refractivity contribution >= 4 is 8.32 Å². The van der Waals surface area contributed by atoms with Crippen LogP contribution < -0.4 is 0 Å². The van der Waals surface area contributed by atoms with Gasteiger partial charge < -0.3 is 14.3 Å². The molecule has 0 aliphatic rings. The molecule has 1 aromatic rings. The summed E-state index contributed by atoms with van der Waals surface area (Å²) in [4.78, 5) is 0. The molecular formula is C23H42O3Si. The smallest absolute Gasteiger partial charge is 0.200 e. The van der Waals surface area contributed by atoms with Gasteiger partial charge in [-0.1, -0.05) is 71.4 Å². The predicted octanol–water partition coefficient (Wildman–Crippen LogP) is 6.23. The summed E-state index contributed by atoms with van der Waals surface area (Å²) in [5, 5.41) is 10.1. The average Bonchev–Trinajstić information content (AvgIpc) is 2.58. The fourth-order valence-corrected chi connectivity index (χ4v) is 9.81. The SMILES string of the molecule is Cc1ccc(COCC(O)CCCCO[Si](C(C)C)(C(C)C)C(C)C)cc1. The Morgan fingerprint density at radius 2 is 1.44 bits per heavy atom. The van der Waals surface area contributed by atoms with Crippen LogP contribution in [0, 0.1) is 6.92 Å². The molecule has 156 valence electrons. The Kier molecular flexibility index (Phi) is 10.8. The third-order valence-electron chi connectivity index (χ3n) is 5.69. The van der Waals surface area contributed by atoms with Crippen LogP contribution >= 0.6 is 0 Å². The molecule has 0 amide bonds. The molecule has 1 unspecified atom stereocenters. The van der Waals surface area contributed by atoms with Crippen LogP contribution in [0.25, 0.3) is 0 Å². The zero-order valence-electron chi connectivity index (χ0n) is 18.6. The van der Waals surface area contributed by atoms with Crippen molar-refractivity contribution in [1.29, 1.82) is 0 Å². The molecule has 0 radical (unpaired) electrons. The highest BCUT2D eigenvalue weighted by Gasteiger charge is 2.44. The van der Waals surface area contributed by atoms with E-state index < -0.39 is 14.4 Å². The number of aryl methyl sites for hydroxylation is 1. The first-order valence-corrected chi connectivity index (χ1v) is 12.8. The lowest BCUT2D eigenvalue weighted by Gasteiger charge is -2.42. The van der Waals surface area contributed by atoms with Crippen LogP contribution in [0.4, 0.5) is 0 Å². The van der Waals surface area contributed by atoms with Gasteiger partial charge in [-0.3, -0.25) is 0 Å². The van der Waals surface area contributed by atoms with Gasteiger partial charge in [-0.05, 0) is 48.4 Å². The second-order valence-electron chi connectivity index (χ2n) is 8.82. The Labute approximate surface area is 168 Å². The van der Waals surface area contributed by atoms with Crippen LogP contribution in [0.1, 0.15) is 71.9 Å². The first-order valence-electron chi connectivity index (χ1n) is 10.6. The molecule has 0 aromatic heterocycles. The second kappa shape index (κ2) is 12.0. The molecule has 0 fully saturated rings. The molecule has 3 nitrogen and oxygen atoms in total. The summed E-state index contributed by atoms with van der Waals surface area (Å²) < 4.78 is 12.2. The minimum absolute atomic E-state index is 0.391. The van der Waals surface area contributed by atoms with Crippen LogP contribution in [0.3, 0.4) is 0 Å². The number of hydrogen-bond acceptors (Lipinski definition) is 3. The van der Waals surface area contributed by atoms with Crippen LogP contribution in [0.5, 0.6) is 0 Å². The highest BCUT2D eigenvalue weighted by atomic mass is 28.4. The number of hydrogen-bond donors (Lipinski definition) is 1. The van der Waals surface area contributed by atoms with Crippen molar-refractivity contribution in [2.24, 2.45) is 0 Å². The van der Waals surface area contributed by atoms with E-state index >= 15 is 0 Å². The van der Waals surface area contributed by atoms with Gasteiger partial charge in [0.1, 0.15) is 0 Å². The zero-order valence-corrected chi connectivity index (χ0v) is 19.6. The largest absolute Gasteiger partial charge is 0.416 e. The summed E-state index contributed by atoms with van der Waals surface area (Å²) in [6.07, 6.45) is 2.37. The monoisotopic (exact) mass is 394 g/mol. The zero-order chi connectivity index (χ0) is 20.4. The van der Waals surface area contributed by atoms with Gasteiger partial charge >= 0.3 is 0 Å². The standard InChI is InChI=1S/C23H42O3Si/c1-18(2)27(19(3)4,20(5)6)26-15-9-8-10-23(24)17-25-16-22-13-11-21(7)12-14-22/h11-14,18-20,23-24H,8-10,15-17H2,1-7H3. The van der Waals surface area contributed by atoms with E-state index in [-0.39, 0.29) is 0 Å². The van der Waals surface area contributed by atoms with Gasteiger partial charge in [0.25, 0.3) is 0 Å². The minimum atomic E-state index is -1.75. The molecule has 0 aliphatic carbocycles. The number of ether oxygens (including phenoxy) is 1. The molecule has 0 spiro atoms. The van der Waals surface area contributed by atoms with Crippen molar-refractivity contribution in [2.75, 3.05) is 13.2 Å². The van der Waals surface area contributed by atoms with Crippen molar-refractivity contribution in [1.82, 2.24) is 0 Å². The normalized spacial score (nSPS) is 13.7. The van der Waals surface area contributed by atoms with Gasteiger partial charge in [0, 0.05) is 6.61 Å². The maximum absolute atomic E-state index is 10.1. The summed E-state index contributed by atoms with van der Waals surface area (Å²) >= 11 is 0. The van der Waals surface area contributed by atoms with Crippen molar-refractivity contribution < 1.29 is 14.3 Å². The third kappa shape index (κ3) is 7.69. The van der Waals surface area contributed by atoms with Crippen molar-refractivity contribution in [3.63, 3.8) is 0 Å². The predicted molar refractivity (Wildman–Crippen MR) is 118 cm³/mol. The van der Waals surface area contributed by atoms with Crippen molar-refractivity contribution in [2.45, 2.75) is 97.1 Å². The van der Waals surface area contributed by atoms with Gasteiger partial charge in [-0.15, -0.1) is 0 Å². The fraction of sp³-hybridized carbons (Fsp3) is 0.739. The van der Waals surface area contributed by atoms with Gasteiger partial charge in [0.2, 0.25) is 0 Å². The molecule has 0 aliphatic heterocycles. The lowest BCUT2D eigenvalue weighted by Crippen LogP contribution is -2.47. The molecule has 27 heavy (non-hydrogen) atoms. The lowest BCUT2D eigenvalue weighted by atomic mass is 10.1. The fourth-order valence-electron chi connectivity index (χ4n) is 4.31. The van der Waals surface area contributed by atoms with E-state index in [1.54, 1.807) is 0 Å². The van der Waals surface area contributed by atoms with Crippen molar-refractivity contribution in [3.05, 3.63) is 35.4 Å². The van der Waals surface area contributed by atoms with Crippen LogP contribution in [0.15, 0.2) is 24.3 Å². The number of rotatable bonds is 13. The topological polar surface area (TPSA) is 38.7 Å². The number of aliphatic hydroxyl groups excluding tert-OH is 1. The molecule has 1 N–H and O–H groups in total. The molecule has 0 heterocycles. The Morgan fingerprint density at radius 3 is 1.96 bits per heavy atom. The van der Waals surface area contributed by atoms with Gasteiger partial charge in [0.15, 0.2) is 8.32 Å². The maximum atomic E-state index is 10.1. The van der Waals surface area contributed by atoms with Gasteiger partial charge in [-0.2, -0.15) is 0 Å². The quantitative estimate of drug-likeness (QED) is 0.318. The highest BCUT2D eigenvalue weighted by Crippen LogP contribution is 2.42. The average molecular weight is 395 g/mol. The summed E-state index contributed by atoms with van der Waals surface area (Å²) in [5.74, 6) is 0. The maximum Gasteiger partial charge on any atom is 0.200 e. The third-order valence-corrected chi connectivity index (χ3v) is 11.8. The summed E-state index contributed by atoms with van der Waals surface area (Å²) in [6.45, 7) is 17.8. The highest BCUT2D eigenvalue weighted by molar-refractivity contribution is 6.77. The van der Waals surface area contributed by atoms with E-state index in [1.807, 2.05) is 0 Å². The first kappa shape index (κ1) is 24.4. The molecule has 0 saturated carbocycles. The number of unbranched alkanes of at least 4 members (excludes halogenated alkanes) is 1. The second-order valence-corrected chi connectivity index (χ2v) is 14.3. The van der Waals surface area contributed by atoms with E-state index in [4.69, 9.17) is 9.16 Å². The van der Waals surface area contributed by atoms with E-state index in [1.165, 1.54) is 5.56 Å². The van der Waals surface area contributed by atoms with E-state index in [0.717, 1.165) is 31.4 Å². The van der Waals surface area contributed by atoms with E-state index in [2.05, 4.69) is 72.7 Å². The molecular weight excluding hydrogens is 352 g/mol. The van der Waals surface area contributed by atoms with E-state index in [0.29, 0.717) is 29.8 Å². The molecule has 4 heteroatoms. The summed E-state index contributed by atoms with van der Waals surface area (Å²) in [7, 11) is -1.75. The van der Waals surface area contributed by atoms with Crippen LogP contribution in [-0.2, 0) is 15.8 Å². The van der Waals surface area contributed by atoms with Gasteiger partial charge in [-0.25, -0.2) is 0 Å². The Balaban J connectivity index is 2.25. The number of benzene rings is 1. The Hall–Kier alpha value is -0.683. The lowest BCUT2D eigenvalue weighted by molar-refractivity contribution is 0.0229. The number of aliphatic hydroxyl groups is 1. The van der Waals surface area contributed by atoms with Crippen LogP contribution in [0.2, 0.25) is 16.6 Å². The minimum Gasteiger partial charge on any atom is -0.416 e. The molecule has 0 saturated heterocycles. The summed E-state index contributed by atoms with van der Waals surface area (Å²) in [5.41, 5.74) is 4.27. The molecule has 1 atom stereocenters. The first-order chi connectivity index (χ1) is 12.7. The molecule has 1 rings (SSSR count). The Morgan fingerprint density at radius 1 is 0.889 bits per heavy atom. The summed E-state index contributed by atoms with van der Waals surface area (Å²) in [6, 6.07) is 8.33. The Bertz CT molecular complexity index is 489. The molecule has 1 aromatic carbocycles.